The lowest BCUT2D eigenvalue weighted by atomic mass is 9.85. The molecule has 0 spiro atoms. The molecule has 0 aromatic heterocycles. The molecule has 1 unspecified atom stereocenters. The van der Waals surface area contributed by atoms with Crippen molar-refractivity contribution in [2.24, 2.45) is 20.9 Å². The number of fused-ring (bicyclic) bond motifs is 1. The van der Waals surface area contributed by atoms with Gasteiger partial charge in [-0.05, 0) is 64.0 Å². The smallest absolute Gasteiger partial charge is 0.151 e. The van der Waals surface area contributed by atoms with Gasteiger partial charge in [-0.2, -0.15) is 0 Å². The van der Waals surface area contributed by atoms with Crippen LogP contribution in [-0.2, 0) is 0 Å². The van der Waals surface area contributed by atoms with Gasteiger partial charge < -0.3 is 15.9 Å². The monoisotopic (exact) mass is 376 g/mol. The molecule has 0 saturated carbocycles. The summed E-state index contributed by atoms with van der Waals surface area (Å²) in [5.41, 5.74) is 4.43. The maximum atomic E-state index is 9.48. The van der Waals surface area contributed by atoms with Gasteiger partial charge in [0.05, 0.1) is 17.6 Å². The van der Waals surface area contributed by atoms with Crippen LogP contribution in [0.4, 0.5) is 0 Å². The molecule has 0 amide bonds. The lowest BCUT2D eigenvalue weighted by Gasteiger charge is -2.36. The molecule has 1 saturated heterocycles. The molecule has 1 fully saturated rings. The van der Waals surface area contributed by atoms with Gasteiger partial charge in [-0.1, -0.05) is 0 Å². The number of aliphatic imine (C=N–C) groups is 3. The van der Waals surface area contributed by atoms with E-state index in [0.29, 0.717) is 5.92 Å². The molecule has 0 bridgehead atoms. The van der Waals surface area contributed by atoms with Gasteiger partial charge in [-0.15, -0.1) is 12.4 Å². The van der Waals surface area contributed by atoms with Crippen LogP contribution in [-0.4, -0.2) is 47.0 Å². The third-order valence-electron chi connectivity index (χ3n) is 5.22. The predicted molar refractivity (Wildman–Crippen MR) is 109 cm³/mol. The Morgan fingerprint density at radius 2 is 1.81 bits per heavy atom. The van der Waals surface area contributed by atoms with E-state index in [2.05, 4.69) is 19.2 Å². The van der Waals surface area contributed by atoms with Crippen molar-refractivity contribution >= 4 is 35.7 Å². The number of benzene rings is 1. The normalized spacial score (nSPS) is 25.0. The van der Waals surface area contributed by atoms with Crippen LogP contribution in [0.2, 0.25) is 0 Å². The Hall–Kier alpha value is -2.02. The molecule has 3 heterocycles. The fourth-order valence-electron chi connectivity index (χ4n) is 3.71. The van der Waals surface area contributed by atoms with Gasteiger partial charge >= 0.3 is 0 Å². The highest BCUT2D eigenvalue weighted by atomic mass is 35.5. The maximum absolute atomic E-state index is 9.48. The number of rotatable bonds is 2. The Balaban J connectivity index is 0.00000121. The van der Waals surface area contributed by atoms with Crippen LogP contribution in [0.3, 0.4) is 0 Å². The van der Waals surface area contributed by atoms with Gasteiger partial charge in [0.1, 0.15) is 11.5 Å². The molecule has 4 N–H and O–H groups in total. The Labute approximate surface area is 159 Å². The van der Waals surface area contributed by atoms with Crippen LogP contribution < -0.4 is 5.32 Å². The minimum Gasteiger partial charge on any atom is -0.508 e. The van der Waals surface area contributed by atoms with Gasteiger partial charge in [-0.3, -0.25) is 9.98 Å². The summed E-state index contributed by atoms with van der Waals surface area (Å²) in [4.78, 5) is 14.5. The number of phenols is 1. The second-order valence-corrected chi connectivity index (χ2v) is 6.85. The Bertz CT molecular complexity index is 792. The van der Waals surface area contributed by atoms with Crippen LogP contribution in [0.5, 0.6) is 5.75 Å². The van der Waals surface area contributed by atoms with Crippen molar-refractivity contribution in [2.45, 2.75) is 32.4 Å². The summed E-state index contributed by atoms with van der Waals surface area (Å²) in [5.74, 6) is 0.729. The van der Waals surface area contributed by atoms with Crippen LogP contribution in [0.15, 0.2) is 44.8 Å². The summed E-state index contributed by atoms with van der Waals surface area (Å²) in [6.45, 7) is 6.28. The van der Waals surface area contributed by atoms with Crippen molar-refractivity contribution in [3.05, 3.63) is 35.4 Å². The first kappa shape index (κ1) is 20.3. The summed E-state index contributed by atoms with van der Waals surface area (Å²) in [6, 6.07) is 7.15. The largest absolute Gasteiger partial charge is 0.508 e. The van der Waals surface area contributed by atoms with Crippen molar-refractivity contribution in [1.82, 2.24) is 5.32 Å². The van der Waals surface area contributed by atoms with Gasteiger partial charge in [0.2, 0.25) is 0 Å². The summed E-state index contributed by atoms with van der Waals surface area (Å²) in [6.07, 6.45) is 4.09. The number of nitrogens with one attached hydrogen (secondary N) is 1. The summed E-state index contributed by atoms with van der Waals surface area (Å²) in [5, 5.41) is 12.9. The highest BCUT2D eigenvalue weighted by molar-refractivity contribution is 6.69. The van der Waals surface area contributed by atoms with E-state index in [9.17, 15) is 5.11 Å². The first-order chi connectivity index (χ1) is 11.6. The van der Waals surface area contributed by atoms with Crippen molar-refractivity contribution < 1.29 is 10.6 Å². The first-order valence-electron chi connectivity index (χ1n) is 8.52. The molecule has 7 heteroatoms. The van der Waals surface area contributed by atoms with E-state index in [-0.39, 0.29) is 29.3 Å². The zero-order valence-electron chi connectivity index (χ0n) is 15.0. The first-order valence-corrected chi connectivity index (χ1v) is 8.52. The second-order valence-electron chi connectivity index (χ2n) is 6.85. The summed E-state index contributed by atoms with van der Waals surface area (Å²) in [7, 11) is 0. The van der Waals surface area contributed by atoms with Crippen molar-refractivity contribution in [1.29, 1.82) is 0 Å². The van der Waals surface area contributed by atoms with Crippen LogP contribution in [0.25, 0.3) is 5.70 Å². The summed E-state index contributed by atoms with van der Waals surface area (Å²) < 4.78 is 0. The number of piperidine rings is 1. The molecule has 0 radical (unpaired) electrons. The average Bonchev–Trinajstić information content (AvgIpc) is 2.93. The topological polar surface area (TPSA) is 101 Å². The maximum Gasteiger partial charge on any atom is 0.151 e. The fourth-order valence-corrected chi connectivity index (χ4v) is 3.71. The minimum absolute atomic E-state index is 0. The van der Waals surface area contributed by atoms with Crippen molar-refractivity contribution in [3.8, 4) is 5.75 Å². The highest BCUT2D eigenvalue weighted by Crippen LogP contribution is 2.36. The Morgan fingerprint density at radius 1 is 1.15 bits per heavy atom. The van der Waals surface area contributed by atoms with Gasteiger partial charge in [0.25, 0.3) is 0 Å². The number of halogens is 1. The zero-order chi connectivity index (χ0) is 16.7. The third kappa shape index (κ3) is 3.45. The molecular weight excluding hydrogens is 352 g/mol. The SMILES string of the molecule is CC1=C(c2ccc(O)cc2)N=C2C=NC(C)(C3CCNCC3)N=C21.Cl.O. The third-order valence-corrected chi connectivity index (χ3v) is 5.22. The molecule has 26 heavy (non-hydrogen) atoms. The minimum atomic E-state index is -0.387. The standard InChI is InChI=1S/C19H22N4O.ClH.H2O/c1-12-17(13-3-5-15(24)6-4-13)22-16-11-21-19(2,23-18(12)16)14-7-9-20-10-8-14;;/h3-6,11,14,20,24H,7-10H2,1-2H3;1H;1H2. The molecule has 140 valence electrons. The number of phenolic OH excluding ortho intramolecular Hbond substituents is 1. The number of nitrogens with zero attached hydrogens (tertiary/aromatic N) is 3. The molecule has 4 rings (SSSR count). The van der Waals surface area contributed by atoms with E-state index in [0.717, 1.165) is 54.2 Å². The van der Waals surface area contributed by atoms with Crippen molar-refractivity contribution in [2.75, 3.05) is 13.1 Å². The van der Waals surface area contributed by atoms with E-state index in [1.807, 2.05) is 18.3 Å². The van der Waals surface area contributed by atoms with Crippen LogP contribution >= 0.6 is 12.4 Å². The lowest BCUT2D eigenvalue weighted by molar-refractivity contribution is 0.243. The summed E-state index contributed by atoms with van der Waals surface area (Å²) >= 11 is 0. The number of hydrogen-bond donors (Lipinski definition) is 2. The Kier molecular flexibility index (Phi) is 6.01. The Morgan fingerprint density at radius 3 is 2.46 bits per heavy atom. The predicted octanol–water partition coefficient (Wildman–Crippen LogP) is 2.42. The lowest BCUT2D eigenvalue weighted by Crippen LogP contribution is -2.42. The van der Waals surface area contributed by atoms with E-state index in [1.165, 1.54) is 0 Å². The molecule has 1 aromatic rings. The van der Waals surface area contributed by atoms with E-state index in [1.54, 1.807) is 12.1 Å². The number of allylic oxidation sites excluding steroid dienone is 1. The van der Waals surface area contributed by atoms with Crippen molar-refractivity contribution in [3.63, 3.8) is 0 Å². The molecule has 1 aromatic carbocycles. The van der Waals surface area contributed by atoms with Gasteiger partial charge in [-0.25, -0.2) is 4.99 Å². The average molecular weight is 377 g/mol. The van der Waals surface area contributed by atoms with Crippen LogP contribution in [0.1, 0.15) is 32.3 Å². The van der Waals surface area contributed by atoms with Gasteiger partial charge in [0, 0.05) is 17.1 Å². The van der Waals surface area contributed by atoms with E-state index < -0.39 is 0 Å². The quantitative estimate of drug-likeness (QED) is 0.828. The fraction of sp³-hybridized carbons (Fsp3) is 0.421. The number of aromatic hydroxyl groups is 1. The molecule has 1 atom stereocenters. The van der Waals surface area contributed by atoms with Gasteiger partial charge in [0.15, 0.2) is 5.66 Å². The molecule has 3 aliphatic rings. The molecular formula is C19H25ClN4O2. The highest BCUT2D eigenvalue weighted by Gasteiger charge is 2.38. The number of hydrogen-bond acceptors (Lipinski definition) is 5. The van der Waals surface area contributed by atoms with Crippen LogP contribution in [0, 0.1) is 5.92 Å². The molecule has 3 aliphatic heterocycles. The second kappa shape index (κ2) is 7.70. The van der Waals surface area contributed by atoms with E-state index in [4.69, 9.17) is 15.0 Å². The molecule has 6 nitrogen and oxygen atoms in total. The molecule has 0 aliphatic carbocycles. The van der Waals surface area contributed by atoms with E-state index >= 15 is 0 Å². The zero-order valence-corrected chi connectivity index (χ0v) is 15.8.